The predicted molar refractivity (Wildman–Crippen MR) is 85.0 cm³/mol. The van der Waals surface area contributed by atoms with Crippen molar-refractivity contribution in [2.45, 2.75) is 26.4 Å². The Morgan fingerprint density at radius 2 is 2.00 bits per heavy atom. The van der Waals surface area contributed by atoms with E-state index in [-0.39, 0.29) is 41.7 Å². The molecule has 1 rings (SSSR count). The Balaban J connectivity index is 3.07. The smallest absolute Gasteiger partial charge is 0.488 e. The van der Waals surface area contributed by atoms with Crippen LogP contribution < -0.4 is 14.9 Å². The highest BCUT2D eigenvalue weighted by molar-refractivity contribution is 7.90. The van der Waals surface area contributed by atoms with Gasteiger partial charge in [0, 0.05) is 6.61 Å². The van der Waals surface area contributed by atoms with E-state index in [0.29, 0.717) is 0 Å². The molecule has 0 unspecified atom stereocenters. The molecule has 4 N–H and O–H groups in total. The van der Waals surface area contributed by atoms with Crippen LogP contribution in [0, 0.1) is 0 Å². The van der Waals surface area contributed by atoms with E-state index in [4.69, 9.17) is 9.84 Å². The van der Waals surface area contributed by atoms with Gasteiger partial charge in [-0.2, -0.15) is 0 Å². The molecule has 128 valence electrons. The molecule has 8 nitrogen and oxygen atoms in total. The van der Waals surface area contributed by atoms with E-state index in [1.54, 1.807) is 13.8 Å². The molecular formula is C13H20BNO7S. The Bertz CT molecular complexity index is 646. The zero-order valence-electron chi connectivity index (χ0n) is 12.9. The zero-order chi connectivity index (χ0) is 17.6. The summed E-state index contributed by atoms with van der Waals surface area (Å²) in [5.74, 6) is -1.23. The second-order valence-electron chi connectivity index (χ2n) is 5.12. The Hall–Kier alpha value is -1.62. The Morgan fingerprint density at radius 3 is 2.52 bits per heavy atom. The van der Waals surface area contributed by atoms with Gasteiger partial charge in [0.05, 0.1) is 17.4 Å². The average Bonchev–Trinajstić information content (AvgIpc) is 2.43. The number of ether oxygens (including phenoxy) is 1. The number of carbonyl (C=O) groups excluding carboxylic acids is 1. The zero-order valence-corrected chi connectivity index (χ0v) is 13.7. The number of aliphatic hydroxyl groups excluding tert-OH is 1. The van der Waals surface area contributed by atoms with E-state index in [1.807, 2.05) is 4.72 Å². The molecule has 1 aromatic rings. The summed E-state index contributed by atoms with van der Waals surface area (Å²) in [5.41, 5.74) is 0.0658. The maximum absolute atomic E-state index is 12.1. The number of amides is 1. The lowest BCUT2D eigenvalue weighted by Gasteiger charge is -2.15. The van der Waals surface area contributed by atoms with Crippen molar-refractivity contribution in [3.63, 3.8) is 0 Å². The number of sulfonamides is 1. The van der Waals surface area contributed by atoms with Crippen LogP contribution in [0.15, 0.2) is 18.2 Å². The van der Waals surface area contributed by atoms with Gasteiger partial charge in [0.15, 0.2) is 0 Å². The molecular weight excluding hydrogens is 325 g/mol. The van der Waals surface area contributed by atoms with E-state index in [9.17, 15) is 23.3 Å². The highest BCUT2D eigenvalue weighted by Gasteiger charge is 2.22. The molecule has 0 saturated carbocycles. The average molecular weight is 345 g/mol. The van der Waals surface area contributed by atoms with Gasteiger partial charge in [0.25, 0.3) is 5.91 Å². The fourth-order valence-electron chi connectivity index (χ4n) is 1.74. The van der Waals surface area contributed by atoms with Crippen LogP contribution in [-0.4, -0.2) is 55.1 Å². The van der Waals surface area contributed by atoms with Crippen molar-refractivity contribution in [3.05, 3.63) is 23.8 Å². The van der Waals surface area contributed by atoms with Crippen LogP contribution in [0.2, 0.25) is 0 Å². The second kappa shape index (κ2) is 8.30. The molecule has 0 saturated heterocycles. The summed E-state index contributed by atoms with van der Waals surface area (Å²) < 4.78 is 30.8. The van der Waals surface area contributed by atoms with Crippen LogP contribution >= 0.6 is 0 Å². The predicted octanol–water partition coefficient (Wildman–Crippen LogP) is -1.40. The molecule has 0 spiro atoms. The number of carbonyl (C=O) groups is 1. The highest BCUT2D eigenvalue weighted by atomic mass is 32.2. The van der Waals surface area contributed by atoms with Crippen LogP contribution in [0.25, 0.3) is 0 Å². The third-order valence-electron chi connectivity index (χ3n) is 2.73. The van der Waals surface area contributed by atoms with Gasteiger partial charge in [0.2, 0.25) is 10.0 Å². The lowest BCUT2D eigenvalue weighted by Crippen LogP contribution is -2.34. The van der Waals surface area contributed by atoms with Crippen molar-refractivity contribution in [2.75, 3.05) is 12.4 Å². The molecule has 0 atom stereocenters. The van der Waals surface area contributed by atoms with E-state index in [0.717, 1.165) is 0 Å². The number of hydrogen-bond donors (Lipinski definition) is 4. The Labute approximate surface area is 135 Å². The number of aliphatic hydroxyl groups is 1. The van der Waals surface area contributed by atoms with Gasteiger partial charge in [-0.05, 0) is 37.9 Å². The first-order chi connectivity index (χ1) is 10.7. The normalized spacial score (nSPS) is 11.4. The number of nitrogens with one attached hydrogen (secondary N) is 1. The summed E-state index contributed by atoms with van der Waals surface area (Å²) in [5, 5.41) is 27.0. The molecule has 1 aromatic carbocycles. The lowest BCUT2D eigenvalue weighted by molar-refractivity contribution is 0.0975. The summed E-state index contributed by atoms with van der Waals surface area (Å²) in [6, 6.07) is 3.80. The molecule has 23 heavy (non-hydrogen) atoms. The van der Waals surface area contributed by atoms with Gasteiger partial charge in [-0.25, -0.2) is 13.1 Å². The van der Waals surface area contributed by atoms with Gasteiger partial charge in [-0.3, -0.25) is 4.79 Å². The first-order valence-corrected chi connectivity index (χ1v) is 8.64. The second-order valence-corrected chi connectivity index (χ2v) is 6.96. The van der Waals surface area contributed by atoms with Crippen LogP contribution in [0.5, 0.6) is 5.75 Å². The molecule has 0 heterocycles. The van der Waals surface area contributed by atoms with E-state index >= 15 is 0 Å². The van der Waals surface area contributed by atoms with Gasteiger partial charge in [-0.15, -0.1) is 0 Å². The monoisotopic (exact) mass is 345 g/mol. The van der Waals surface area contributed by atoms with Crippen molar-refractivity contribution in [1.82, 2.24) is 4.72 Å². The number of hydrogen-bond acceptors (Lipinski definition) is 7. The molecule has 0 fully saturated rings. The van der Waals surface area contributed by atoms with Crippen molar-refractivity contribution in [1.29, 1.82) is 0 Å². The number of benzene rings is 1. The van der Waals surface area contributed by atoms with Crippen LogP contribution in [0.3, 0.4) is 0 Å². The molecule has 0 aliphatic heterocycles. The van der Waals surface area contributed by atoms with Crippen molar-refractivity contribution in [2.24, 2.45) is 0 Å². The Morgan fingerprint density at radius 1 is 1.35 bits per heavy atom. The van der Waals surface area contributed by atoms with Crippen LogP contribution in [-0.2, 0) is 10.0 Å². The maximum atomic E-state index is 12.1. The third kappa shape index (κ3) is 6.18. The largest absolute Gasteiger partial charge is 0.490 e. The fraction of sp³-hybridized carbons (Fsp3) is 0.462. The van der Waals surface area contributed by atoms with E-state index < -0.39 is 23.0 Å². The molecule has 0 bridgehead atoms. The summed E-state index contributed by atoms with van der Waals surface area (Å²) in [4.78, 5) is 12.1. The maximum Gasteiger partial charge on any atom is 0.488 e. The molecule has 0 aromatic heterocycles. The Kier molecular flexibility index (Phi) is 7.01. The van der Waals surface area contributed by atoms with Crippen molar-refractivity contribution >= 4 is 28.5 Å². The molecule has 0 aliphatic rings. The minimum absolute atomic E-state index is 0.00755. The van der Waals surface area contributed by atoms with Gasteiger partial charge in [-0.1, -0.05) is 6.07 Å². The molecule has 10 heteroatoms. The third-order valence-corrected chi connectivity index (χ3v) is 4.05. The lowest BCUT2D eigenvalue weighted by atomic mass is 9.80. The van der Waals surface area contributed by atoms with Crippen LogP contribution in [0.1, 0.15) is 30.6 Å². The molecule has 0 radical (unpaired) electrons. The highest BCUT2D eigenvalue weighted by Crippen LogP contribution is 2.19. The van der Waals surface area contributed by atoms with Crippen molar-refractivity contribution in [3.8, 4) is 5.75 Å². The van der Waals surface area contributed by atoms with Crippen LogP contribution in [0.4, 0.5) is 0 Å². The van der Waals surface area contributed by atoms with Gasteiger partial charge >= 0.3 is 7.12 Å². The van der Waals surface area contributed by atoms with Crippen molar-refractivity contribution < 1.29 is 33.1 Å². The minimum atomic E-state index is -3.88. The van der Waals surface area contributed by atoms with Gasteiger partial charge < -0.3 is 19.9 Å². The molecule has 0 aliphatic carbocycles. The first-order valence-electron chi connectivity index (χ1n) is 6.98. The summed E-state index contributed by atoms with van der Waals surface area (Å²) in [6.07, 6.45) is -0.299. The first kappa shape index (κ1) is 19.4. The van der Waals surface area contributed by atoms with E-state index in [2.05, 4.69) is 0 Å². The summed E-state index contributed by atoms with van der Waals surface area (Å²) in [7, 11) is -5.62. The number of rotatable bonds is 8. The van der Waals surface area contributed by atoms with Gasteiger partial charge in [0.1, 0.15) is 5.75 Å². The SMILES string of the molecule is CC(C)Oc1cc(B(O)O)ccc1C(=O)NS(=O)(=O)CCCO. The standard InChI is InChI=1S/C13H20BNO7S/c1-9(2)22-12-8-10(14(18)19)4-5-11(12)13(17)15-23(20,21)7-3-6-16/h4-5,8-9,16,18-19H,3,6-7H2,1-2H3,(H,15,17). The van der Waals surface area contributed by atoms with E-state index in [1.165, 1.54) is 18.2 Å². The summed E-state index contributed by atoms with van der Waals surface area (Å²) >= 11 is 0. The fourth-order valence-corrected chi connectivity index (χ4v) is 2.74. The molecule has 1 amide bonds. The topological polar surface area (TPSA) is 133 Å². The minimum Gasteiger partial charge on any atom is -0.490 e. The summed E-state index contributed by atoms with van der Waals surface area (Å²) in [6.45, 7) is 3.11. The quantitative estimate of drug-likeness (QED) is 0.426.